The van der Waals surface area contributed by atoms with Crippen LogP contribution in [0.3, 0.4) is 0 Å². The van der Waals surface area contributed by atoms with E-state index in [-0.39, 0.29) is 18.2 Å². The molecule has 0 unspecified atom stereocenters. The van der Waals surface area contributed by atoms with Gasteiger partial charge in [0.2, 0.25) is 11.8 Å². The first-order chi connectivity index (χ1) is 12.9. The first kappa shape index (κ1) is 21.2. The molecule has 0 fully saturated rings. The van der Waals surface area contributed by atoms with E-state index in [0.29, 0.717) is 13.1 Å². The van der Waals surface area contributed by atoms with Crippen molar-refractivity contribution in [2.24, 2.45) is 0 Å². The monoisotopic (exact) mass is 430 g/mol. The summed E-state index contributed by atoms with van der Waals surface area (Å²) in [6.07, 6.45) is 1.14. The molecule has 4 nitrogen and oxygen atoms in total. The number of benzene rings is 2. The fourth-order valence-electron chi connectivity index (χ4n) is 2.79. The SMILES string of the molecule is CCCNC(=O)[C@@H](C)N(Cc1cccc(Br)c1)C(=O)Cc1ccc(C)cc1. The molecule has 2 aromatic rings. The van der Waals surface area contributed by atoms with Gasteiger partial charge in [-0.15, -0.1) is 0 Å². The Morgan fingerprint density at radius 2 is 1.81 bits per heavy atom. The molecular formula is C22H27BrN2O2. The average molecular weight is 431 g/mol. The van der Waals surface area contributed by atoms with Gasteiger partial charge in [0.05, 0.1) is 6.42 Å². The highest BCUT2D eigenvalue weighted by molar-refractivity contribution is 9.10. The molecule has 5 heteroatoms. The first-order valence-electron chi connectivity index (χ1n) is 9.28. The van der Waals surface area contributed by atoms with Crippen LogP contribution in [0.1, 0.15) is 37.0 Å². The number of hydrogen-bond acceptors (Lipinski definition) is 2. The number of carbonyl (C=O) groups excluding carboxylic acids is 2. The van der Waals surface area contributed by atoms with Crippen LogP contribution >= 0.6 is 15.9 Å². The third kappa shape index (κ3) is 6.51. The quantitative estimate of drug-likeness (QED) is 0.680. The zero-order valence-corrected chi connectivity index (χ0v) is 17.8. The second-order valence-corrected chi connectivity index (χ2v) is 7.70. The predicted molar refractivity (Wildman–Crippen MR) is 112 cm³/mol. The molecule has 1 N–H and O–H groups in total. The van der Waals surface area contributed by atoms with Gasteiger partial charge < -0.3 is 10.2 Å². The van der Waals surface area contributed by atoms with Crippen LogP contribution in [0.15, 0.2) is 53.0 Å². The second kappa shape index (κ2) is 10.3. The third-order valence-corrected chi connectivity index (χ3v) is 4.93. The molecule has 0 aliphatic rings. The molecule has 0 aliphatic carbocycles. The number of hydrogen-bond donors (Lipinski definition) is 1. The fourth-order valence-corrected chi connectivity index (χ4v) is 3.24. The molecule has 0 bridgehead atoms. The van der Waals surface area contributed by atoms with Gasteiger partial charge in [-0.1, -0.05) is 64.8 Å². The summed E-state index contributed by atoms with van der Waals surface area (Å²) in [5.41, 5.74) is 3.09. The number of nitrogens with one attached hydrogen (secondary N) is 1. The maximum Gasteiger partial charge on any atom is 0.242 e. The summed E-state index contributed by atoms with van der Waals surface area (Å²) in [7, 11) is 0. The second-order valence-electron chi connectivity index (χ2n) is 6.78. The lowest BCUT2D eigenvalue weighted by Gasteiger charge is -2.29. The number of rotatable bonds is 8. The Hall–Kier alpha value is -2.14. The summed E-state index contributed by atoms with van der Waals surface area (Å²) < 4.78 is 0.953. The molecule has 0 aromatic heterocycles. The minimum atomic E-state index is -0.534. The van der Waals surface area contributed by atoms with E-state index in [1.54, 1.807) is 11.8 Å². The van der Waals surface area contributed by atoms with Crippen LogP contribution in [-0.2, 0) is 22.6 Å². The number of amides is 2. The van der Waals surface area contributed by atoms with Gasteiger partial charge in [0.1, 0.15) is 6.04 Å². The van der Waals surface area contributed by atoms with E-state index in [0.717, 1.165) is 27.6 Å². The standard InChI is InChI=1S/C22H27BrN2O2/c1-4-12-24-22(27)17(3)25(15-19-6-5-7-20(23)13-19)21(26)14-18-10-8-16(2)9-11-18/h5-11,13,17H,4,12,14-15H2,1-3H3,(H,24,27)/t17-/m1/s1. The minimum absolute atomic E-state index is 0.0574. The zero-order chi connectivity index (χ0) is 19.8. The lowest BCUT2D eigenvalue weighted by molar-refractivity contribution is -0.140. The average Bonchev–Trinajstić information content (AvgIpc) is 2.65. The van der Waals surface area contributed by atoms with Crippen molar-refractivity contribution < 1.29 is 9.59 Å². The first-order valence-corrected chi connectivity index (χ1v) is 10.1. The summed E-state index contributed by atoms with van der Waals surface area (Å²) >= 11 is 3.47. The molecule has 0 radical (unpaired) electrons. The maximum atomic E-state index is 13.0. The number of nitrogens with zero attached hydrogens (tertiary/aromatic N) is 1. The zero-order valence-electron chi connectivity index (χ0n) is 16.2. The molecule has 0 saturated heterocycles. The number of carbonyl (C=O) groups is 2. The topological polar surface area (TPSA) is 49.4 Å². The van der Waals surface area contributed by atoms with Crippen molar-refractivity contribution in [3.63, 3.8) is 0 Å². The molecule has 2 amide bonds. The molecule has 2 aromatic carbocycles. The molecule has 0 aliphatic heterocycles. The maximum absolute atomic E-state index is 13.0. The normalized spacial score (nSPS) is 11.7. The lowest BCUT2D eigenvalue weighted by Crippen LogP contribution is -2.48. The van der Waals surface area contributed by atoms with Crippen LogP contribution in [0.5, 0.6) is 0 Å². The Morgan fingerprint density at radius 3 is 2.44 bits per heavy atom. The smallest absolute Gasteiger partial charge is 0.242 e. The van der Waals surface area contributed by atoms with Crippen molar-refractivity contribution >= 4 is 27.7 Å². The van der Waals surface area contributed by atoms with E-state index in [9.17, 15) is 9.59 Å². The van der Waals surface area contributed by atoms with Crippen molar-refractivity contribution in [1.29, 1.82) is 0 Å². The Kier molecular flexibility index (Phi) is 8.04. The number of aryl methyl sites for hydroxylation is 1. The van der Waals surface area contributed by atoms with Gasteiger partial charge in [0.25, 0.3) is 0 Å². The van der Waals surface area contributed by atoms with E-state index in [4.69, 9.17) is 0 Å². The Balaban J connectivity index is 2.20. The summed E-state index contributed by atoms with van der Waals surface area (Å²) in [5, 5.41) is 2.89. The van der Waals surface area contributed by atoms with Crippen LogP contribution in [-0.4, -0.2) is 29.3 Å². The fraction of sp³-hybridized carbons (Fsp3) is 0.364. The van der Waals surface area contributed by atoms with E-state index < -0.39 is 6.04 Å². The molecule has 27 heavy (non-hydrogen) atoms. The molecule has 0 saturated carbocycles. The molecule has 0 heterocycles. The highest BCUT2D eigenvalue weighted by Crippen LogP contribution is 2.16. The highest BCUT2D eigenvalue weighted by Gasteiger charge is 2.26. The van der Waals surface area contributed by atoms with Gasteiger partial charge in [-0.05, 0) is 43.5 Å². The highest BCUT2D eigenvalue weighted by atomic mass is 79.9. The van der Waals surface area contributed by atoms with Gasteiger partial charge in [0.15, 0.2) is 0 Å². The lowest BCUT2D eigenvalue weighted by atomic mass is 10.1. The molecule has 0 spiro atoms. The Morgan fingerprint density at radius 1 is 1.11 bits per heavy atom. The number of halogens is 1. The summed E-state index contributed by atoms with van der Waals surface area (Å²) in [6.45, 7) is 6.82. The van der Waals surface area contributed by atoms with Crippen molar-refractivity contribution in [3.05, 3.63) is 69.7 Å². The van der Waals surface area contributed by atoms with Crippen molar-refractivity contribution in [2.45, 2.75) is 46.2 Å². The summed E-state index contributed by atoms with van der Waals surface area (Å²) in [6, 6.07) is 15.2. The largest absolute Gasteiger partial charge is 0.354 e. The van der Waals surface area contributed by atoms with Gasteiger partial charge in [-0.25, -0.2) is 0 Å². The summed E-state index contributed by atoms with van der Waals surface area (Å²) in [5.74, 6) is -0.179. The van der Waals surface area contributed by atoms with Crippen molar-refractivity contribution in [3.8, 4) is 0 Å². The van der Waals surface area contributed by atoms with E-state index in [1.165, 1.54) is 0 Å². The molecular weight excluding hydrogens is 404 g/mol. The van der Waals surface area contributed by atoms with Crippen LogP contribution in [0.2, 0.25) is 0 Å². The van der Waals surface area contributed by atoms with Gasteiger partial charge in [0, 0.05) is 17.6 Å². The molecule has 2 rings (SSSR count). The van der Waals surface area contributed by atoms with E-state index in [2.05, 4.69) is 21.2 Å². The van der Waals surface area contributed by atoms with Gasteiger partial charge >= 0.3 is 0 Å². The van der Waals surface area contributed by atoms with E-state index >= 15 is 0 Å². The predicted octanol–water partition coefficient (Wildman–Crippen LogP) is 4.24. The van der Waals surface area contributed by atoms with Gasteiger partial charge in [-0.3, -0.25) is 9.59 Å². The molecule has 144 valence electrons. The third-order valence-electron chi connectivity index (χ3n) is 4.43. The Bertz CT molecular complexity index is 774. The van der Waals surface area contributed by atoms with Gasteiger partial charge in [-0.2, -0.15) is 0 Å². The van der Waals surface area contributed by atoms with Crippen molar-refractivity contribution in [1.82, 2.24) is 10.2 Å². The van der Waals surface area contributed by atoms with Crippen LogP contribution in [0.25, 0.3) is 0 Å². The van der Waals surface area contributed by atoms with Crippen molar-refractivity contribution in [2.75, 3.05) is 6.54 Å². The summed E-state index contributed by atoms with van der Waals surface area (Å²) in [4.78, 5) is 27.2. The molecule has 1 atom stereocenters. The van der Waals surface area contributed by atoms with Crippen LogP contribution in [0.4, 0.5) is 0 Å². The van der Waals surface area contributed by atoms with E-state index in [1.807, 2.05) is 62.4 Å². The minimum Gasteiger partial charge on any atom is -0.354 e. The van der Waals surface area contributed by atoms with Crippen LogP contribution in [0, 0.1) is 6.92 Å². The Labute approximate surface area is 170 Å². The van der Waals surface area contributed by atoms with Crippen LogP contribution < -0.4 is 5.32 Å².